The van der Waals surface area contributed by atoms with Crippen molar-refractivity contribution in [3.63, 3.8) is 0 Å². The highest BCUT2D eigenvalue weighted by molar-refractivity contribution is 5.98. The molecular weight excluding hydrogens is 376 g/mol. The highest BCUT2D eigenvalue weighted by Gasteiger charge is 2.26. The first kappa shape index (κ1) is 23.0. The van der Waals surface area contributed by atoms with E-state index in [2.05, 4.69) is 0 Å². The van der Waals surface area contributed by atoms with E-state index in [-0.39, 0.29) is 11.3 Å². The number of hydrogen-bond donors (Lipinski definition) is 2. The molecule has 0 unspecified atom stereocenters. The molecule has 0 heterocycles. The van der Waals surface area contributed by atoms with E-state index >= 15 is 0 Å². The fraction of sp³-hybridized carbons (Fsp3) is 0.269. The van der Waals surface area contributed by atoms with Crippen LogP contribution in [0, 0.1) is 0 Å². The van der Waals surface area contributed by atoms with Gasteiger partial charge in [-0.05, 0) is 51.7 Å². The van der Waals surface area contributed by atoms with E-state index in [1.54, 1.807) is 13.2 Å². The van der Waals surface area contributed by atoms with Crippen molar-refractivity contribution in [3.8, 4) is 11.5 Å². The summed E-state index contributed by atoms with van der Waals surface area (Å²) in [5.74, 6) is -0.884. The first-order valence-corrected chi connectivity index (χ1v) is 9.94. The molecule has 0 spiro atoms. The van der Waals surface area contributed by atoms with Crippen molar-refractivity contribution in [3.05, 3.63) is 81.4 Å². The van der Waals surface area contributed by atoms with E-state index in [1.807, 2.05) is 76.3 Å². The zero-order valence-electron chi connectivity index (χ0n) is 18.3. The Kier molecular flexibility index (Phi) is 8.05. The summed E-state index contributed by atoms with van der Waals surface area (Å²) in [5.41, 5.74) is 4.73. The van der Waals surface area contributed by atoms with Crippen LogP contribution in [0.15, 0.2) is 53.6 Å². The van der Waals surface area contributed by atoms with Crippen molar-refractivity contribution in [2.24, 2.45) is 0 Å². The first-order chi connectivity index (χ1) is 14.3. The molecule has 0 atom stereocenters. The number of aromatic carboxylic acids is 1. The van der Waals surface area contributed by atoms with Crippen molar-refractivity contribution >= 4 is 18.1 Å². The third-order valence-electron chi connectivity index (χ3n) is 4.75. The largest absolute Gasteiger partial charge is 0.507 e. The van der Waals surface area contributed by atoms with Crippen molar-refractivity contribution in [2.75, 3.05) is 7.11 Å². The summed E-state index contributed by atoms with van der Waals surface area (Å²) in [4.78, 5) is 12.2. The number of benzene rings is 2. The van der Waals surface area contributed by atoms with Crippen LogP contribution >= 0.6 is 0 Å². The normalized spacial score (nSPS) is 10.7. The molecule has 2 aromatic rings. The van der Waals surface area contributed by atoms with Crippen LogP contribution < -0.4 is 4.74 Å². The van der Waals surface area contributed by atoms with Gasteiger partial charge in [0.25, 0.3) is 0 Å². The highest BCUT2D eigenvalue weighted by Crippen LogP contribution is 2.41. The molecule has 0 aliphatic rings. The van der Waals surface area contributed by atoms with Gasteiger partial charge in [-0.25, -0.2) is 4.79 Å². The molecular formula is C26H30O4. The number of allylic oxidation sites excluding steroid dienone is 4. The van der Waals surface area contributed by atoms with Gasteiger partial charge in [0.05, 0.1) is 7.11 Å². The molecule has 0 amide bonds. The van der Waals surface area contributed by atoms with Gasteiger partial charge in [-0.3, -0.25) is 0 Å². The lowest BCUT2D eigenvalue weighted by atomic mass is 9.90. The molecule has 0 aromatic heterocycles. The maximum atomic E-state index is 12.2. The van der Waals surface area contributed by atoms with Crippen molar-refractivity contribution < 1.29 is 19.7 Å². The monoisotopic (exact) mass is 406 g/mol. The summed E-state index contributed by atoms with van der Waals surface area (Å²) in [6.45, 7) is 7.91. The quantitative estimate of drug-likeness (QED) is 0.399. The Bertz CT molecular complexity index is 988. The fourth-order valence-corrected chi connectivity index (χ4v) is 3.24. The van der Waals surface area contributed by atoms with Crippen LogP contribution in [0.5, 0.6) is 11.5 Å². The molecule has 4 nitrogen and oxygen atoms in total. The Hall–Kier alpha value is -3.27. The van der Waals surface area contributed by atoms with Crippen LogP contribution in [-0.4, -0.2) is 23.3 Å². The lowest BCUT2D eigenvalue weighted by Crippen LogP contribution is -2.09. The average molecular weight is 407 g/mol. The Morgan fingerprint density at radius 3 is 2.00 bits per heavy atom. The predicted octanol–water partition coefficient (Wildman–Crippen LogP) is 6.29. The smallest absolute Gasteiger partial charge is 0.340 e. The summed E-state index contributed by atoms with van der Waals surface area (Å²) >= 11 is 0. The number of hydrogen-bond acceptors (Lipinski definition) is 3. The Balaban J connectivity index is 2.83. The van der Waals surface area contributed by atoms with Crippen LogP contribution in [0.1, 0.15) is 60.3 Å². The number of methoxy groups -OCH3 is 1. The van der Waals surface area contributed by atoms with Crippen molar-refractivity contribution in [2.45, 2.75) is 40.5 Å². The fourth-order valence-electron chi connectivity index (χ4n) is 3.24. The number of carbonyl (C=O) groups is 1. The van der Waals surface area contributed by atoms with Crippen LogP contribution in [-0.2, 0) is 12.8 Å². The lowest BCUT2D eigenvalue weighted by molar-refractivity contribution is 0.0693. The molecule has 0 bridgehead atoms. The molecule has 0 radical (unpaired) electrons. The Labute approximate surface area is 178 Å². The molecule has 2 aromatic carbocycles. The van der Waals surface area contributed by atoms with Gasteiger partial charge in [-0.2, -0.15) is 0 Å². The number of aromatic hydroxyl groups is 1. The summed E-state index contributed by atoms with van der Waals surface area (Å²) in [6, 6.07) is 9.64. The minimum atomic E-state index is -1.17. The van der Waals surface area contributed by atoms with Crippen LogP contribution in [0.25, 0.3) is 12.2 Å². The van der Waals surface area contributed by atoms with Gasteiger partial charge < -0.3 is 14.9 Å². The molecule has 0 saturated carbocycles. The van der Waals surface area contributed by atoms with Gasteiger partial charge in [0.1, 0.15) is 17.1 Å². The van der Waals surface area contributed by atoms with E-state index in [9.17, 15) is 15.0 Å². The van der Waals surface area contributed by atoms with E-state index in [0.717, 1.165) is 22.3 Å². The zero-order chi connectivity index (χ0) is 22.3. The van der Waals surface area contributed by atoms with E-state index in [1.165, 1.54) is 0 Å². The van der Waals surface area contributed by atoms with Crippen molar-refractivity contribution in [1.82, 2.24) is 0 Å². The van der Waals surface area contributed by atoms with Gasteiger partial charge in [0.2, 0.25) is 0 Å². The topological polar surface area (TPSA) is 66.8 Å². The van der Waals surface area contributed by atoms with E-state index < -0.39 is 5.97 Å². The standard InChI is InChI=1S/C26H30O4/c1-17(2)11-14-21-20(16-13-19-9-7-6-8-10-19)23(26(28)29)24(27)22(25(21)30-5)15-12-18(3)4/h6-13,16,27H,14-15H2,1-5H3,(H,28,29)/b16-13+. The van der Waals surface area contributed by atoms with Crippen LogP contribution in [0.2, 0.25) is 0 Å². The molecule has 0 saturated heterocycles. The van der Waals surface area contributed by atoms with E-state index in [4.69, 9.17) is 4.74 Å². The molecule has 2 N–H and O–H groups in total. The zero-order valence-corrected chi connectivity index (χ0v) is 18.3. The number of carboxylic acids is 1. The lowest BCUT2D eigenvalue weighted by Gasteiger charge is -2.20. The molecule has 0 fully saturated rings. The minimum Gasteiger partial charge on any atom is -0.507 e. The van der Waals surface area contributed by atoms with Crippen molar-refractivity contribution in [1.29, 1.82) is 0 Å². The Morgan fingerprint density at radius 2 is 1.50 bits per heavy atom. The van der Waals surface area contributed by atoms with Gasteiger partial charge in [-0.15, -0.1) is 0 Å². The number of carboxylic acid groups (broad SMARTS) is 1. The first-order valence-electron chi connectivity index (χ1n) is 9.94. The second kappa shape index (κ2) is 10.5. The summed E-state index contributed by atoms with van der Waals surface area (Å²) < 4.78 is 5.70. The number of ether oxygens (including phenoxy) is 1. The minimum absolute atomic E-state index is 0.0997. The molecule has 158 valence electrons. The number of phenols is 1. The van der Waals surface area contributed by atoms with Crippen LogP contribution in [0.3, 0.4) is 0 Å². The highest BCUT2D eigenvalue weighted by atomic mass is 16.5. The van der Waals surface area contributed by atoms with E-state index in [0.29, 0.717) is 29.7 Å². The van der Waals surface area contributed by atoms with Gasteiger partial charge in [0.15, 0.2) is 0 Å². The molecule has 4 heteroatoms. The third-order valence-corrected chi connectivity index (χ3v) is 4.75. The van der Waals surface area contributed by atoms with Gasteiger partial charge in [0, 0.05) is 11.1 Å². The average Bonchev–Trinajstić information content (AvgIpc) is 2.69. The van der Waals surface area contributed by atoms with Crippen LogP contribution in [0.4, 0.5) is 0 Å². The maximum absolute atomic E-state index is 12.2. The molecule has 0 aliphatic heterocycles. The second-order valence-corrected chi connectivity index (χ2v) is 7.65. The summed E-state index contributed by atoms with van der Waals surface area (Å²) in [7, 11) is 1.55. The Morgan fingerprint density at radius 1 is 0.933 bits per heavy atom. The summed E-state index contributed by atoms with van der Waals surface area (Å²) in [5, 5.41) is 20.9. The second-order valence-electron chi connectivity index (χ2n) is 7.65. The van der Waals surface area contributed by atoms with Gasteiger partial charge >= 0.3 is 5.97 Å². The predicted molar refractivity (Wildman–Crippen MR) is 123 cm³/mol. The number of rotatable bonds is 8. The maximum Gasteiger partial charge on any atom is 0.340 e. The SMILES string of the molecule is COc1c(CC=C(C)C)c(O)c(C(=O)O)c(/C=C/c2ccccc2)c1CC=C(C)C. The summed E-state index contributed by atoms with van der Waals surface area (Å²) in [6.07, 6.45) is 8.48. The molecule has 2 rings (SSSR count). The third kappa shape index (κ3) is 5.63. The molecule has 0 aliphatic carbocycles. The molecule has 30 heavy (non-hydrogen) atoms. The van der Waals surface area contributed by atoms with Gasteiger partial charge in [-0.1, -0.05) is 65.8 Å².